The first-order chi connectivity index (χ1) is 13.2. The molecule has 0 spiro atoms. The van der Waals surface area contributed by atoms with Gasteiger partial charge in [0.2, 0.25) is 0 Å². The summed E-state index contributed by atoms with van der Waals surface area (Å²) in [4.78, 5) is 26.2. The quantitative estimate of drug-likeness (QED) is 0.720. The van der Waals surface area contributed by atoms with Gasteiger partial charge in [-0.15, -0.1) is 0 Å². The van der Waals surface area contributed by atoms with E-state index in [0.717, 1.165) is 16.8 Å². The number of carbonyl (C=O) groups excluding carboxylic acids is 1. The zero-order valence-electron chi connectivity index (χ0n) is 14.9. The van der Waals surface area contributed by atoms with Crippen LogP contribution < -0.4 is 10.5 Å². The third kappa shape index (κ3) is 3.99. The minimum absolute atomic E-state index is 0.0423. The number of alkyl halides is 3. The maximum absolute atomic E-state index is 12.9. The zero-order valence-corrected chi connectivity index (χ0v) is 15.6. The molecule has 0 aliphatic carbocycles. The number of rotatable bonds is 3. The lowest BCUT2D eigenvalue weighted by atomic mass is 9.98. The van der Waals surface area contributed by atoms with E-state index >= 15 is 0 Å². The average Bonchev–Trinajstić information content (AvgIpc) is 2.69. The van der Waals surface area contributed by atoms with Crippen molar-refractivity contribution in [2.24, 2.45) is 5.92 Å². The fourth-order valence-electron chi connectivity index (χ4n) is 3.20. The van der Waals surface area contributed by atoms with Crippen molar-refractivity contribution >= 4 is 23.3 Å². The molecule has 1 aliphatic heterocycles. The molecule has 0 saturated carbocycles. The summed E-state index contributed by atoms with van der Waals surface area (Å²) in [5, 5.41) is 3.82. The van der Waals surface area contributed by atoms with Crippen LogP contribution in [0.4, 0.5) is 18.9 Å². The molecule has 150 valence electrons. The molecule has 2 heterocycles. The normalized spacial score (nSPS) is 17.5. The first kappa shape index (κ1) is 20.2. The molecular formula is C18H17ClF3N3O3. The highest BCUT2D eigenvalue weighted by Crippen LogP contribution is 2.31. The van der Waals surface area contributed by atoms with Crippen molar-refractivity contribution in [2.75, 3.05) is 25.1 Å². The standard InChI is InChI=1S/C18H17ClF3N3O3/c1-28-17(27)11-4-3-7-24(10-11)14-9-23-25(16(26)15(14)19)13-6-2-5-12(8-13)18(20,21)22/h2,5-6,8-9,11H,3-4,7,10H2,1H3/t11-/m0/s1. The summed E-state index contributed by atoms with van der Waals surface area (Å²) < 4.78 is 44.4. The maximum atomic E-state index is 12.9. The van der Waals surface area contributed by atoms with Crippen LogP contribution in [0.3, 0.4) is 0 Å². The van der Waals surface area contributed by atoms with Crippen LogP contribution in [0, 0.1) is 5.92 Å². The molecule has 1 aromatic heterocycles. The van der Waals surface area contributed by atoms with Crippen molar-refractivity contribution in [1.29, 1.82) is 0 Å². The number of esters is 1. The van der Waals surface area contributed by atoms with Gasteiger partial charge in [0.05, 0.1) is 36.2 Å². The second-order valence-corrected chi connectivity index (χ2v) is 6.80. The SMILES string of the molecule is COC(=O)[C@H]1CCCN(c2cnn(-c3cccc(C(F)(F)F)c3)c(=O)c2Cl)C1. The molecule has 0 radical (unpaired) electrons. The monoisotopic (exact) mass is 415 g/mol. The van der Waals surface area contributed by atoms with Crippen LogP contribution in [-0.4, -0.2) is 35.9 Å². The summed E-state index contributed by atoms with van der Waals surface area (Å²) >= 11 is 6.22. The van der Waals surface area contributed by atoms with Crippen LogP contribution in [0.15, 0.2) is 35.3 Å². The third-order valence-corrected chi connectivity index (χ3v) is 4.97. The Morgan fingerprint density at radius 3 is 2.79 bits per heavy atom. The van der Waals surface area contributed by atoms with E-state index in [1.54, 1.807) is 4.90 Å². The number of aromatic nitrogens is 2. The molecule has 3 rings (SSSR count). The van der Waals surface area contributed by atoms with Crippen molar-refractivity contribution in [3.05, 3.63) is 51.4 Å². The molecule has 1 saturated heterocycles. The Hall–Kier alpha value is -2.55. The summed E-state index contributed by atoms with van der Waals surface area (Å²) in [6, 6.07) is 4.28. The number of halogens is 4. The Bertz CT molecular complexity index is 946. The Balaban J connectivity index is 1.94. The first-order valence-corrected chi connectivity index (χ1v) is 8.88. The van der Waals surface area contributed by atoms with Crippen LogP contribution >= 0.6 is 11.6 Å². The van der Waals surface area contributed by atoms with Crippen molar-refractivity contribution in [1.82, 2.24) is 9.78 Å². The van der Waals surface area contributed by atoms with Gasteiger partial charge in [-0.1, -0.05) is 17.7 Å². The number of hydrogen-bond acceptors (Lipinski definition) is 5. The number of nitrogens with zero attached hydrogens (tertiary/aromatic N) is 3. The second-order valence-electron chi connectivity index (χ2n) is 6.42. The molecule has 10 heteroatoms. The van der Waals surface area contributed by atoms with Crippen molar-refractivity contribution in [2.45, 2.75) is 19.0 Å². The predicted octanol–water partition coefficient (Wildman–Crippen LogP) is 3.29. The number of piperidine rings is 1. The third-order valence-electron chi connectivity index (χ3n) is 4.62. The Morgan fingerprint density at radius 1 is 1.36 bits per heavy atom. The Labute approximate surface area is 163 Å². The fourth-order valence-corrected chi connectivity index (χ4v) is 3.45. The number of carbonyl (C=O) groups is 1. The van der Waals surface area contributed by atoms with E-state index in [9.17, 15) is 22.8 Å². The molecule has 1 fully saturated rings. The van der Waals surface area contributed by atoms with Crippen molar-refractivity contribution in [3.63, 3.8) is 0 Å². The number of anilines is 1. The highest BCUT2D eigenvalue weighted by molar-refractivity contribution is 6.33. The van der Waals surface area contributed by atoms with Crippen molar-refractivity contribution < 1.29 is 22.7 Å². The van der Waals surface area contributed by atoms with Crippen LogP contribution in [0.2, 0.25) is 5.02 Å². The molecule has 0 bridgehead atoms. The number of hydrogen-bond donors (Lipinski definition) is 0. The van der Waals surface area contributed by atoms with E-state index in [1.807, 2.05) is 0 Å². The molecule has 0 amide bonds. The number of ether oxygens (including phenoxy) is 1. The average molecular weight is 416 g/mol. The molecular weight excluding hydrogens is 399 g/mol. The molecule has 1 aliphatic rings. The van der Waals surface area contributed by atoms with Gasteiger partial charge in [-0.2, -0.15) is 23.0 Å². The first-order valence-electron chi connectivity index (χ1n) is 8.50. The fraction of sp³-hybridized carbons (Fsp3) is 0.389. The Morgan fingerprint density at radius 2 is 2.11 bits per heavy atom. The number of benzene rings is 1. The van der Waals surface area contributed by atoms with E-state index in [1.165, 1.54) is 25.4 Å². The maximum Gasteiger partial charge on any atom is 0.416 e. The summed E-state index contributed by atoms with van der Waals surface area (Å²) in [7, 11) is 1.31. The number of methoxy groups -OCH3 is 1. The lowest BCUT2D eigenvalue weighted by molar-refractivity contribution is -0.145. The predicted molar refractivity (Wildman–Crippen MR) is 96.8 cm³/mol. The molecule has 28 heavy (non-hydrogen) atoms. The molecule has 0 N–H and O–H groups in total. The molecule has 2 aromatic rings. The molecule has 6 nitrogen and oxygen atoms in total. The van der Waals surface area contributed by atoms with Crippen LogP contribution in [-0.2, 0) is 15.7 Å². The van der Waals surface area contributed by atoms with E-state index in [-0.39, 0.29) is 22.6 Å². The van der Waals surface area contributed by atoms with Crippen molar-refractivity contribution in [3.8, 4) is 5.69 Å². The molecule has 1 aromatic carbocycles. The van der Waals surface area contributed by atoms with E-state index in [4.69, 9.17) is 16.3 Å². The summed E-state index contributed by atoms with van der Waals surface area (Å²) in [5.41, 5.74) is -1.34. The summed E-state index contributed by atoms with van der Waals surface area (Å²) in [6.07, 6.45) is -1.86. The van der Waals surface area contributed by atoms with Gasteiger partial charge in [0, 0.05) is 13.1 Å². The van der Waals surface area contributed by atoms with Gasteiger partial charge >= 0.3 is 12.1 Å². The van der Waals surface area contributed by atoms with Crippen LogP contribution in [0.5, 0.6) is 0 Å². The highest BCUT2D eigenvalue weighted by atomic mass is 35.5. The lowest BCUT2D eigenvalue weighted by Crippen LogP contribution is -2.40. The second kappa shape index (κ2) is 7.83. The van der Waals surface area contributed by atoms with Crippen LogP contribution in [0.25, 0.3) is 5.69 Å². The van der Waals surface area contributed by atoms with Gasteiger partial charge < -0.3 is 9.64 Å². The van der Waals surface area contributed by atoms with Gasteiger partial charge in [0.25, 0.3) is 5.56 Å². The van der Waals surface area contributed by atoms with Gasteiger partial charge in [-0.3, -0.25) is 9.59 Å². The lowest BCUT2D eigenvalue weighted by Gasteiger charge is -2.33. The molecule has 1 atom stereocenters. The topological polar surface area (TPSA) is 64.4 Å². The smallest absolute Gasteiger partial charge is 0.416 e. The minimum Gasteiger partial charge on any atom is -0.469 e. The van der Waals surface area contributed by atoms with Gasteiger partial charge in [0.15, 0.2) is 0 Å². The van der Waals surface area contributed by atoms with E-state index in [0.29, 0.717) is 31.6 Å². The summed E-state index contributed by atoms with van der Waals surface area (Å²) in [5.74, 6) is -0.688. The van der Waals surface area contributed by atoms with E-state index < -0.39 is 17.3 Å². The minimum atomic E-state index is -4.54. The molecule has 0 unspecified atom stereocenters. The summed E-state index contributed by atoms with van der Waals surface area (Å²) in [6.45, 7) is 0.892. The van der Waals surface area contributed by atoms with Gasteiger partial charge in [-0.05, 0) is 31.0 Å². The zero-order chi connectivity index (χ0) is 20.5. The largest absolute Gasteiger partial charge is 0.469 e. The van der Waals surface area contributed by atoms with E-state index in [2.05, 4.69) is 5.10 Å². The van der Waals surface area contributed by atoms with Gasteiger partial charge in [0.1, 0.15) is 5.02 Å². The van der Waals surface area contributed by atoms with Crippen LogP contribution in [0.1, 0.15) is 18.4 Å². The highest BCUT2D eigenvalue weighted by Gasteiger charge is 2.31. The van der Waals surface area contributed by atoms with Gasteiger partial charge in [-0.25, -0.2) is 0 Å². The Kier molecular flexibility index (Phi) is 5.64.